The number of aromatic hydroxyl groups is 1. The van der Waals surface area contributed by atoms with Crippen LogP contribution in [0.25, 0.3) is 10.9 Å². The number of fused-ring (bicyclic) bond motifs is 1. The predicted molar refractivity (Wildman–Crippen MR) is 110 cm³/mol. The maximum absolute atomic E-state index is 11.3. The number of carbonyl (C=O) groups is 1. The number of nitrogens with zero attached hydrogens (tertiary/aromatic N) is 1. The largest absolute Gasteiger partial charge is 0.494 e. The zero-order valence-corrected chi connectivity index (χ0v) is 14.8. The number of H-pyrrole nitrogens is 1. The number of rotatable bonds is 4. The summed E-state index contributed by atoms with van der Waals surface area (Å²) in [5, 5.41) is 20.6. The Morgan fingerprint density at radius 1 is 0.929 bits per heavy atom. The van der Waals surface area contributed by atoms with Crippen molar-refractivity contribution in [2.75, 3.05) is 5.73 Å². The van der Waals surface area contributed by atoms with Crippen LogP contribution in [0.15, 0.2) is 77.8 Å². The van der Waals surface area contributed by atoms with Gasteiger partial charge in [0.05, 0.1) is 22.5 Å². The first-order chi connectivity index (χ1) is 13.5. The molecular weight excluding hydrogens is 354 g/mol. The highest BCUT2D eigenvalue weighted by molar-refractivity contribution is 6.22. The zero-order valence-electron chi connectivity index (χ0n) is 14.8. The number of aliphatic imine (C=N–C) groups is 1. The molecule has 28 heavy (non-hydrogen) atoms. The number of aromatic amines is 1. The van der Waals surface area contributed by atoms with Crippen LogP contribution in [0.4, 0.5) is 11.4 Å². The molecule has 6 heteroatoms. The summed E-state index contributed by atoms with van der Waals surface area (Å²) in [6.45, 7) is 0. The Balaban J connectivity index is 1.99. The van der Waals surface area contributed by atoms with E-state index in [9.17, 15) is 15.0 Å². The Kier molecular flexibility index (Phi) is 4.29. The van der Waals surface area contributed by atoms with Crippen molar-refractivity contribution in [2.45, 2.75) is 0 Å². The summed E-state index contributed by atoms with van der Waals surface area (Å²) in [5.41, 5.74) is 9.64. The van der Waals surface area contributed by atoms with Crippen molar-refractivity contribution in [3.05, 3.63) is 89.5 Å². The second kappa shape index (κ2) is 6.92. The number of carboxylic acid groups (broad SMARTS) is 1. The maximum atomic E-state index is 11.3. The first-order valence-corrected chi connectivity index (χ1v) is 8.61. The molecule has 4 aromatic rings. The number of aromatic carboxylic acids is 1. The lowest BCUT2D eigenvalue weighted by Crippen LogP contribution is -2.03. The number of nitrogen functional groups attached to an aromatic ring is 1. The molecule has 0 aliphatic rings. The third-order valence-electron chi connectivity index (χ3n) is 4.42. The molecule has 5 N–H and O–H groups in total. The van der Waals surface area contributed by atoms with E-state index >= 15 is 0 Å². The first-order valence-electron chi connectivity index (χ1n) is 8.61. The van der Waals surface area contributed by atoms with Crippen LogP contribution in [0.5, 0.6) is 5.88 Å². The number of benzene rings is 3. The SMILES string of the molecule is Nc1ccc2[nH]c(O)c(C(=Nc3cccc(C(=O)O)c3)c3ccccc3)c2c1. The Morgan fingerprint density at radius 2 is 1.68 bits per heavy atom. The summed E-state index contributed by atoms with van der Waals surface area (Å²) in [6, 6.07) is 21.1. The van der Waals surface area contributed by atoms with E-state index in [1.165, 1.54) is 12.1 Å². The molecule has 0 radical (unpaired) electrons. The number of anilines is 1. The fourth-order valence-corrected chi connectivity index (χ4v) is 3.13. The molecule has 6 nitrogen and oxygen atoms in total. The highest BCUT2D eigenvalue weighted by Crippen LogP contribution is 2.32. The highest BCUT2D eigenvalue weighted by atomic mass is 16.4. The lowest BCUT2D eigenvalue weighted by molar-refractivity contribution is 0.0697. The summed E-state index contributed by atoms with van der Waals surface area (Å²) >= 11 is 0. The Hall–Kier alpha value is -4.06. The van der Waals surface area contributed by atoms with Gasteiger partial charge in [0.2, 0.25) is 0 Å². The number of hydrogen-bond acceptors (Lipinski definition) is 4. The number of carboxylic acids is 1. The smallest absolute Gasteiger partial charge is 0.335 e. The first kappa shape index (κ1) is 17.4. The molecule has 0 saturated heterocycles. The molecule has 0 spiro atoms. The Morgan fingerprint density at radius 3 is 2.43 bits per heavy atom. The van der Waals surface area contributed by atoms with Gasteiger partial charge in [0, 0.05) is 22.2 Å². The molecule has 0 aliphatic heterocycles. The molecule has 1 aromatic heterocycles. The van der Waals surface area contributed by atoms with E-state index in [1.54, 1.807) is 30.3 Å². The predicted octanol–water partition coefficient (Wildman–Crippen LogP) is 4.32. The lowest BCUT2D eigenvalue weighted by Gasteiger charge is -2.08. The van der Waals surface area contributed by atoms with Crippen LogP contribution >= 0.6 is 0 Å². The maximum Gasteiger partial charge on any atom is 0.335 e. The summed E-state index contributed by atoms with van der Waals surface area (Å²) in [6.07, 6.45) is 0. The normalized spacial score (nSPS) is 11.6. The van der Waals surface area contributed by atoms with Crippen LogP contribution in [-0.4, -0.2) is 26.9 Å². The van der Waals surface area contributed by atoms with E-state index in [0.29, 0.717) is 22.6 Å². The van der Waals surface area contributed by atoms with Crippen molar-refractivity contribution < 1.29 is 15.0 Å². The Labute approximate surface area is 160 Å². The monoisotopic (exact) mass is 371 g/mol. The summed E-state index contributed by atoms with van der Waals surface area (Å²) in [7, 11) is 0. The van der Waals surface area contributed by atoms with Gasteiger partial charge in [-0.2, -0.15) is 0 Å². The molecule has 0 aliphatic carbocycles. The van der Waals surface area contributed by atoms with Gasteiger partial charge >= 0.3 is 5.97 Å². The second-order valence-corrected chi connectivity index (χ2v) is 6.34. The Bertz CT molecular complexity index is 1210. The summed E-state index contributed by atoms with van der Waals surface area (Å²) in [5.74, 6) is -1.06. The van der Waals surface area contributed by atoms with Crippen molar-refractivity contribution in [3.63, 3.8) is 0 Å². The third kappa shape index (κ3) is 3.19. The van der Waals surface area contributed by atoms with Gasteiger partial charge in [-0.05, 0) is 36.4 Å². The van der Waals surface area contributed by atoms with E-state index in [0.717, 1.165) is 16.5 Å². The van der Waals surface area contributed by atoms with Crippen LogP contribution in [0.1, 0.15) is 21.5 Å². The van der Waals surface area contributed by atoms with Crippen molar-refractivity contribution >= 4 is 34.0 Å². The second-order valence-electron chi connectivity index (χ2n) is 6.34. The van der Waals surface area contributed by atoms with Gasteiger partial charge in [-0.3, -0.25) is 0 Å². The minimum atomic E-state index is -1.03. The minimum Gasteiger partial charge on any atom is -0.494 e. The molecule has 0 amide bonds. The average Bonchev–Trinajstić information content (AvgIpc) is 3.02. The topological polar surface area (TPSA) is 112 Å². The summed E-state index contributed by atoms with van der Waals surface area (Å²) in [4.78, 5) is 18.9. The number of aromatic nitrogens is 1. The average molecular weight is 371 g/mol. The fourth-order valence-electron chi connectivity index (χ4n) is 3.13. The van der Waals surface area contributed by atoms with E-state index in [-0.39, 0.29) is 11.4 Å². The highest BCUT2D eigenvalue weighted by Gasteiger charge is 2.19. The molecule has 0 saturated carbocycles. The zero-order chi connectivity index (χ0) is 19.7. The number of hydrogen-bond donors (Lipinski definition) is 4. The van der Waals surface area contributed by atoms with E-state index in [4.69, 9.17) is 5.73 Å². The molecule has 138 valence electrons. The van der Waals surface area contributed by atoms with Gasteiger partial charge in [0.15, 0.2) is 5.88 Å². The van der Waals surface area contributed by atoms with E-state index < -0.39 is 5.97 Å². The fraction of sp³-hybridized carbons (Fsp3) is 0. The van der Waals surface area contributed by atoms with Crippen molar-refractivity contribution in [1.29, 1.82) is 0 Å². The lowest BCUT2D eigenvalue weighted by atomic mass is 10.0. The molecule has 0 unspecified atom stereocenters. The van der Waals surface area contributed by atoms with Crippen molar-refractivity contribution in [2.24, 2.45) is 4.99 Å². The van der Waals surface area contributed by atoms with Crippen LogP contribution in [-0.2, 0) is 0 Å². The van der Waals surface area contributed by atoms with Crippen LogP contribution in [0.2, 0.25) is 0 Å². The van der Waals surface area contributed by atoms with Gasteiger partial charge in [0.1, 0.15) is 0 Å². The van der Waals surface area contributed by atoms with Gasteiger partial charge in [0.25, 0.3) is 0 Å². The van der Waals surface area contributed by atoms with E-state index in [2.05, 4.69) is 9.98 Å². The molecular formula is C22H17N3O3. The van der Waals surface area contributed by atoms with Gasteiger partial charge < -0.3 is 20.9 Å². The van der Waals surface area contributed by atoms with Crippen LogP contribution in [0, 0.1) is 0 Å². The molecule has 0 bridgehead atoms. The quantitative estimate of drug-likeness (QED) is 0.316. The molecule has 1 heterocycles. The van der Waals surface area contributed by atoms with Gasteiger partial charge in [-0.25, -0.2) is 9.79 Å². The van der Waals surface area contributed by atoms with Crippen LogP contribution in [0.3, 0.4) is 0 Å². The standard InChI is InChI=1S/C22H17N3O3/c23-15-9-10-18-17(12-15)19(21(26)25-18)20(13-5-2-1-3-6-13)24-16-8-4-7-14(11-16)22(27)28/h1-12,25-26H,23H2,(H,27,28). The minimum absolute atomic E-state index is 0.0300. The summed E-state index contributed by atoms with van der Waals surface area (Å²) < 4.78 is 0. The third-order valence-corrected chi connectivity index (χ3v) is 4.42. The van der Waals surface area contributed by atoms with Crippen molar-refractivity contribution in [1.82, 2.24) is 4.98 Å². The molecule has 0 fully saturated rings. The molecule has 0 atom stereocenters. The van der Waals surface area contributed by atoms with Crippen molar-refractivity contribution in [3.8, 4) is 5.88 Å². The van der Waals surface area contributed by atoms with E-state index in [1.807, 2.05) is 30.3 Å². The number of nitrogens with one attached hydrogen (secondary N) is 1. The number of nitrogens with two attached hydrogens (primary N) is 1. The van der Waals surface area contributed by atoms with Crippen LogP contribution < -0.4 is 5.73 Å². The molecule has 3 aromatic carbocycles. The van der Waals surface area contributed by atoms with Gasteiger partial charge in [-0.15, -0.1) is 0 Å². The van der Waals surface area contributed by atoms with Gasteiger partial charge in [-0.1, -0.05) is 36.4 Å². The molecule has 4 rings (SSSR count).